The highest BCUT2D eigenvalue weighted by atomic mass is 16.1. The minimum Gasteiger partial charge on any atom is -0.385 e. The molecule has 0 unspecified atom stereocenters. The van der Waals surface area contributed by atoms with Crippen molar-refractivity contribution in [3.63, 3.8) is 0 Å². The fourth-order valence-corrected chi connectivity index (χ4v) is 2.74. The average Bonchev–Trinajstić information content (AvgIpc) is 2.92. The van der Waals surface area contributed by atoms with Crippen molar-refractivity contribution >= 4 is 11.6 Å². The number of nitrogens with zero attached hydrogens (tertiary/aromatic N) is 2. The molecule has 0 spiro atoms. The number of nitrogens with one attached hydrogen (secondary N) is 2. The van der Waals surface area contributed by atoms with E-state index in [9.17, 15) is 4.79 Å². The second kappa shape index (κ2) is 5.99. The summed E-state index contributed by atoms with van der Waals surface area (Å²) in [6, 6.07) is 5.88. The zero-order valence-corrected chi connectivity index (χ0v) is 12.2. The molecular weight excluding hydrogens is 264 g/mol. The van der Waals surface area contributed by atoms with Crippen LogP contribution in [0.4, 0.5) is 5.69 Å². The Morgan fingerprint density at radius 2 is 2.38 bits per heavy atom. The minimum absolute atomic E-state index is 0.00441. The maximum Gasteiger partial charge on any atom is 0.251 e. The highest BCUT2D eigenvalue weighted by molar-refractivity contribution is 5.97. The monoisotopic (exact) mass is 284 g/mol. The molecule has 0 radical (unpaired) electrons. The number of hydrogen-bond donors (Lipinski definition) is 2. The molecule has 5 heteroatoms. The molecule has 0 atom stereocenters. The summed E-state index contributed by atoms with van der Waals surface area (Å²) in [6.07, 6.45) is 6.46. The number of rotatable bonds is 4. The van der Waals surface area contributed by atoms with Crippen molar-refractivity contribution in [1.29, 1.82) is 0 Å². The summed E-state index contributed by atoms with van der Waals surface area (Å²) < 4.78 is 1.97. The lowest BCUT2D eigenvalue weighted by Gasteiger charge is -2.20. The number of carbonyl (C=O) groups is 1. The first kappa shape index (κ1) is 13.7. The van der Waals surface area contributed by atoms with Crippen LogP contribution in [0.3, 0.4) is 0 Å². The lowest BCUT2D eigenvalue weighted by Crippen LogP contribution is -2.28. The van der Waals surface area contributed by atoms with Crippen LogP contribution in [0.1, 0.15) is 28.2 Å². The van der Waals surface area contributed by atoms with Gasteiger partial charge in [0.05, 0.1) is 0 Å². The molecule has 1 amide bonds. The summed E-state index contributed by atoms with van der Waals surface area (Å²) in [6.45, 7) is 1.58. The van der Waals surface area contributed by atoms with Crippen LogP contribution in [0.5, 0.6) is 0 Å². The highest BCUT2D eigenvalue weighted by Crippen LogP contribution is 2.25. The molecule has 3 rings (SSSR count). The molecule has 5 nitrogen and oxygen atoms in total. The molecule has 0 bridgehead atoms. The van der Waals surface area contributed by atoms with Gasteiger partial charge < -0.3 is 15.2 Å². The fourth-order valence-electron chi connectivity index (χ4n) is 2.74. The maximum absolute atomic E-state index is 12.4. The van der Waals surface area contributed by atoms with Gasteiger partial charge in [0, 0.05) is 50.2 Å². The van der Waals surface area contributed by atoms with E-state index in [0.29, 0.717) is 6.54 Å². The quantitative estimate of drug-likeness (QED) is 0.899. The molecular formula is C16H20N4O. The van der Waals surface area contributed by atoms with Gasteiger partial charge in [-0.3, -0.25) is 4.79 Å². The molecule has 110 valence electrons. The van der Waals surface area contributed by atoms with E-state index < -0.39 is 0 Å². The Labute approximate surface area is 124 Å². The Morgan fingerprint density at radius 3 is 3.19 bits per heavy atom. The third kappa shape index (κ3) is 2.91. The second-order valence-corrected chi connectivity index (χ2v) is 5.32. The van der Waals surface area contributed by atoms with Gasteiger partial charge in [0.25, 0.3) is 5.91 Å². The first-order valence-corrected chi connectivity index (χ1v) is 7.36. The van der Waals surface area contributed by atoms with Crippen LogP contribution in [-0.2, 0) is 19.9 Å². The number of carbonyl (C=O) groups excluding carboxylic acids is 1. The van der Waals surface area contributed by atoms with Crippen LogP contribution in [0.25, 0.3) is 0 Å². The number of imidazole rings is 1. The molecule has 0 fully saturated rings. The summed E-state index contributed by atoms with van der Waals surface area (Å²) in [5.41, 5.74) is 3.02. The summed E-state index contributed by atoms with van der Waals surface area (Å²) >= 11 is 0. The van der Waals surface area contributed by atoms with Crippen LogP contribution < -0.4 is 10.6 Å². The minimum atomic E-state index is 0.00441. The topological polar surface area (TPSA) is 59.0 Å². The average molecular weight is 284 g/mol. The smallest absolute Gasteiger partial charge is 0.251 e. The third-order valence-corrected chi connectivity index (χ3v) is 3.89. The first-order valence-electron chi connectivity index (χ1n) is 7.36. The fraction of sp³-hybridized carbons (Fsp3) is 0.375. The number of aromatic nitrogens is 2. The molecule has 1 aliphatic heterocycles. The van der Waals surface area contributed by atoms with E-state index in [1.165, 1.54) is 0 Å². The summed E-state index contributed by atoms with van der Waals surface area (Å²) in [5, 5.41) is 6.35. The summed E-state index contributed by atoms with van der Waals surface area (Å²) in [4.78, 5) is 16.6. The van der Waals surface area contributed by atoms with Gasteiger partial charge in [-0.15, -0.1) is 0 Å². The van der Waals surface area contributed by atoms with E-state index in [-0.39, 0.29) is 5.91 Å². The lowest BCUT2D eigenvalue weighted by atomic mass is 9.97. The molecule has 2 heterocycles. The van der Waals surface area contributed by atoms with Gasteiger partial charge >= 0.3 is 0 Å². The van der Waals surface area contributed by atoms with Crippen molar-refractivity contribution < 1.29 is 4.79 Å². The van der Waals surface area contributed by atoms with E-state index >= 15 is 0 Å². The van der Waals surface area contributed by atoms with E-state index in [1.54, 1.807) is 6.20 Å². The number of amides is 1. The Kier molecular flexibility index (Phi) is 3.90. The molecule has 2 aromatic rings. The summed E-state index contributed by atoms with van der Waals surface area (Å²) in [5.74, 6) is 0.983. The van der Waals surface area contributed by atoms with Crippen molar-refractivity contribution in [2.75, 3.05) is 18.4 Å². The number of benzene rings is 1. The van der Waals surface area contributed by atoms with Crippen molar-refractivity contribution in [3.8, 4) is 0 Å². The Balaban J connectivity index is 1.64. The standard InChI is InChI=1S/C16H20N4O/c1-20-11-10-18-15(20)7-9-19-16(21)13-4-2-6-14-12(13)5-3-8-17-14/h2,4,6,10-11,17H,3,5,7-9H2,1H3,(H,19,21). The van der Waals surface area contributed by atoms with Gasteiger partial charge in [-0.2, -0.15) is 0 Å². The maximum atomic E-state index is 12.4. The zero-order chi connectivity index (χ0) is 14.7. The number of aryl methyl sites for hydroxylation is 1. The Morgan fingerprint density at radius 1 is 1.48 bits per heavy atom. The predicted octanol–water partition coefficient (Wildman–Crippen LogP) is 1.75. The van der Waals surface area contributed by atoms with Crippen molar-refractivity contribution in [1.82, 2.24) is 14.9 Å². The van der Waals surface area contributed by atoms with Crippen molar-refractivity contribution in [2.45, 2.75) is 19.3 Å². The van der Waals surface area contributed by atoms with Crippen LogP contribution in [0.2, 0.25) is 0 Å². The van der Waals surface area contributed by atoms with Crippen LogP contribution in [0, 0.1) is 0 Å². The predicted molar refractivity (Wildman–Crippen MR) is 82.5 cm³/mol. The van der Waals surface area contributed by atoms with Gasteiger partial charge in [0.2, 0.25) is 0 Å². The molecule has 1 aromatic heterocycles. The van der Waals surface area contributed by atoms with Gasteiger partial charge in [0.1, 0.15) is 5.82 Å². The zero-order valence-electron chi connectivity index (χ0n) is 12.2. The SMILES string of the molecule is Cn1ccnc1CCNC(=O)c1cccc2c1CCCN2. The summed E-state index contributed by atoms with van der Waals surface area (Å²) in [7, 11) is 1.96. The second-order valence-electron chi connectivity index (χ2n) is 5.32. The van der Waals surface area contributed by atoms with E-state index in [1.807, 2.05) is 36.0 Å². The van der Waals surface area contributed by atoms with Gasteiger partial charge in [-0.05, 0) is 30.5 Å². The van der Waals surface area contributed by atoms with E-state index in [0.717, 1.165) is 48.4 Å². The Bertz CT molecular complexity index is 647. The van der Waals surface area contributed by atoms with Crippen molar-refractivity contribution in [2.24, 2.45) is 7.05 Å². The largest absolute Gasteiger partial charge is 0.385 e. The molecule has 1 aromatic carbocycles. The third-order valence-electron chi connectivity index (χ3n) is 3.89. The van der Waals surface area contributed by atoms with E-state index in [4.69, 9.17) is 0 Å². The number of fused-ring (bicyclic) bond motifs is 1. The van der Waals surface area contributed by atoms with Crippen molar-refractivity contribution in [3.05, 3.63) is 47.5 Å². The molecule has 2 N–H and O–H groups in total. The van der Waals surface area contributed by atoms with Crippen LogP contribution in [0.15, 0.2) is 30.6 Å². The normalized spacial score (nSPS) is 13.4. The number of hydrogen-bond acceptors (Lipinski definition) is 3. The molecule has 0 aliphatic carbocycles. The molecule has 0 saturated carbocycles. The highest BCUT2D eigenvalue weighted by Gasteiger charge is 2.16. The molecule has 1 aliphatic rings. The molecule has 21 heavy (non-hydrogen) atoms. The van der Waals surface area contributed by atoms with Crippen LogP contribution in [-0.4, -0.2) is 28.5 Å². The van der Waals surface area contributed by atoms with E-state index in [2.05, 4.69) is 15.6 Å². The van der Waals surface area contributed by atoms with Crippen LogP contribution >= 0.6 is 0 Å². The van der Waals surface area contributed by atoms with Gasteiger partial charge in [-0.1, -0.05) is 6.07 Å². The van der Waals surface area contributed by atoms with Gasteiger partial charge in [0.15, 0.2) is 0 Å². The first-order chi connectivity index (χ1) is 10.3. The van der Waals surface area contributed by atoms with Gasteiger partial charge in [-0.25, -0.2) is 4.98 Å². The lowest BCUT2D eigenvalue weighted by molar-refractivity contribution is 0.0953. The number of anilines is 1. The molecule has 0 saturated heterocycles. The Hall–Kier alpha value is -2.30.